The molecule has 3 rings (SSSR count). The Labute approximate surface area is 122 Å². The Morgan fingerprint density at radius 1 is 1.25 bits per heavy atom. The fraction of sp³-hybridized carbons (Fsp3) is 0.938. The van der Waals surface area contributed by atoms with Crippen LogP contribution in [0.5, 0.6) is 0 Å². The first-order chi connectivity index (χ1) is 9.63. The first-order valence-corrected chi connectivity index (χ1v) is 8.30. The van der Waals surface area contributed by atoms with Crippen LogP contribution in [0.3, 0.4) is 0 Å². The summed E-state index contributed by atoms with van der Waals surface area (Å²) < 4.78 is 6.04. The van der Waals surface area contributed by atoms with E-state index in [-0.39, 0.29) is 18.1 Å². The Balaban J connectivity index is 1.56. The Bertz CT molecular complexity index is 352. The molecule has 1 amide bonds. The van der Waals surface area contributed by atoms with Crippen LogP contribution in [0, 0.1) is 11.8 Å². The summed E-state index contributed by atoms with van der Waals surface area (Å²) in [6, 6.07) is 0. The molecular formula is C16H28N2O2. The highest BCUT2D eigenvalue weighted by atomic mass is 16.5. The molecular weight excluding hydrogens is 252 g/mol. The number of carbonyl (C=O) groups excluding carboxylic acids is 1. The van der Waals surface area contributed by atoms with Gasteiger partial charge in [0, 0.05) is 26.2 Å². The molecule has 2 bridgehead atoms. The van der Waals surface area contributed by atoms with Crippen LogP contribution >= 0.6 is 0 Å². The zero-order chi connectivity index (χ0) is 14.1. The highest BCUT2D eigenvalue weighted by molar-refractivity contribution is 5.80. The molecule has 0 spiro atoms. The zero-order valence-corrected chi connectivity index (χ0v) is 12.9. The minimum absolute atomic E-state index is 0.127. The molecule has 3 heterocycles. The Morgan fingerprint density at radius 3 is 2.70 bits per heavy atom. The molecule has 3 aliphatic rings. The van der Waals surface area contributed by atoms with Crippen LogP contribution < -0.4 is 0 Å². The minimum Gasteiger partial charge on any atom is -0.371 e. The van der Waals surface area contributed by atoms with Gasteiger partial charge < -0.3 is 9.64 Å². The van der Waals surface area contributed by atoms with Gasteiger partial charge in [0.25, 0.3) is 0 Å². The van der Waals surface area contributed by atoms with Gasteiger partial charge in [-0.2, -0.15) is 0 Å². The van der Waals surface area contributed by atoms with E-state index in [2.05, 4.69) is 23.6 Å². The molecule has 0 radical (unpaired) electrons. The van der Waals surface area contributed by atoms with Gasteiger partial charge in [0.1, 0.15) is 0 Å². The van der Waals surface area contributed by atoms with E-state index in [4.69, 9.17) is 4.74 Å². The lowest BCUT2D eigenvalue weighted by atomic mass is 9.99. The van der Waals surface area contributed by atoms with E-state index in [1.165, 1.54) is 19.3 Å². The fourth-order valence-electron chi connectivity index (χ4n) is 3.79. The molecule has 3 atom stereocenters. The predicted molar refractivity (Wildman–Crippen MR) is 78.5 cm³/mol. The Hall–Kier alpha value is -0.610. The normalized spacial score (nSPS) is 34.1. The second kappa shape index (κ2) is 6.02. The first kappa shape index (κ1) is 14.3. The molecule has 4 nitrogen and oxygen atoms in total. The summed E-state index contributed by atoms with van der Waals surface area (Å²) in [4.78, 5) is 17.2. The lowest BCUT2D eigenvalue weighted by Crippen LogP contribution is -2.46. The van der Waals surface area contributed by atoms with Gasteiger partial charge in [0.05, 0.1) is 18.1 Å². The van der Waals surface area contributed by atoms with Crippen molar-refractivity contribution in [2.45, 2.75) is 51.7 Å². The van der Waals surface area contributed by atoms with Crippen molar-refractivity contribution in [2.75, 3.05) is 32.7 Å². The number of fused-ring (bicyclic) bond motifs is 2. The summed E-state index contributed by atoms with van der Waals surface area (Å²) >= 11 is 0. The summed E-state index contributed by atoms with van der Waals surface area (Å²) in [5.74, 6) is 1.24. The Kier molecular flexibility index (Phi) is 4.32. The number of amides is 1. The molecule has 3 aliphatic heterocycles. The third-order valence-corrected chi connectivity index (χ3v) is 4.99. The third-order valence-electron chi connectivity index (χ3n) is 4.99. The van der Waals surface area contributed by atoms with E-state index in [1.54, 1.807) is 0 Å². The number of carbonyl (C=O) groups is 1. The average Bonchev–Trinajstić information content (AvgIpc) is 3.04. The summed E-state index contributed by atoms with van der Waals surface area (Å²) in [7, 11) is 0. The van der Waals surface area contributed by atoms with E-state index in [1.807, 2.05) is 0 Å². The molecule has 0 N–H and O–H groups in total. The van der Waals surface area contributed by atoms with Crippen molar-refractivity contribution in [3.05, 3.63) is 0 Å². The number of rotatable bonds is 4. The van der Waals surface area contributed by atoms with Gasteiger partial charge in [-0.25, -0.2) is 0 Å². The quantitative estimate of drug-likeness (QED) is 0.786. The number of hydrogen-bond acceptors (Lipinski definition) is 3. The van der Waals surface area contributed by atoms with Crippen LogP contribution in [-0.2, 0) is 9.53 Å². The molecule has 0 aliphatic carbocycles. The Morgan fingerprint density at radius 2 is 2.00 bits per heavy atom. The van der Waals surface area contributed by atoms with E-state index in [0.29, 0.717) is 5.91 Å². The highest BCUT2D eigenvalue weighted by Gasteiger charge is 2.45. The minimum atomic E-state index is 0.127. The summed E-state index contributed by atoms with van der Waals surface area (Å²) in [6.07, 6.45) is 4.97. The van der Waals surface area contributed by atoms with Crippen LogP contribution in [0.25, 0.3) is 0 Å². The average molecular weight is 280 g/mol. The van der Waals surface area contributed by atoms with Crippen molar-refractivity contribution in [3.8, 4) is 0 Å². The first-order valence-electron chi connectivity index (χ1n) is 8.30. The summed E-state index contributed by atoms with van der Waals surface area (Å²) in [6.45, 7) is 9.59. The topological polar surface area (TPSA) is 32.8 Å². The van der Waals surface area contributed by atoms with Gasteiger partial charge in [0.2, 0.25) is 5.91 Å². The number of nitrogens with zero attached hydrogens (tertiary/aromatic N) is 2. The monoisotopic (exact) mass is 280 g/mol. The van der Waals surface area contributed by atoms with Crippen LogP contribution in [0.1, 0.15) is 39.5 Å². The van der Waals surface area contributed by atoms with Crippen LogP contribution in [0.15, 0.2) is 0 Å². The standard InChI is InChI=1S/C16H28N2O2/c1-12(2)5-8-17-10-13-9-14(15(11-17)20-13)16(19)18-6-3-4-7-18/h12-15H,3-11H2,1-2H3/t13-,14+,15-/m1/s1. The van der Waals surface area contributed by atoms with Gasteiger partial charge in [-0.15, -0.1) is 0 Å². The second-order valence-corrected chi connectivity index (χ2v) is 7.11. The summed E-state index contributed by atoms with van der Waals surface area (Å²) in [5.41, 5.74) is 0. The lowest BCUT2D eigenvalue weighted by Gasteiger charge is -2.33. The molecule has 0 aromatic heterocycles. The SMILES string of the molecule is CC(C)CCN1C[C@H]2C[C@H](C(=O)N3CCCC3)[C@@H](C1)O2. The molecule has 3 saturated heterocycles. The third kappa shape index (κ3) is 3.01. The molecule has 0 aromatic carbocycles. The van der Waals surface area contributed by atoms with E-state index >= 15 is 0 Å². The van der Waals surface area contributed by atoms with Gasteiger partial charge >= 0.3 is 0 Å². The van der Waals surface area contributed by atoms with Crippen molar-refractivity contribution in [1.82, 2.24) is 9.80 Å². The van der Waals surface area contributed by atoms with E-state index in [0.717, 1.165) is 45.1 Å². The highest BCUT2D eigenvalue weighted by Crippen LogP contribution is 2.34. The second-order valence-electron chi connectivity index (χ2n) is 7.11. The van der Waals surface area contributed by atoms with Gasteiger partial charge in [0.15, 0.2) is 0 Å². The summed E-state index contributed by atoms with van der Waals surface area (Å²) in [5, 5.41) is 0. The molecule has 0 saturated carbocycles. The van der Waals surface area contributed by atoms with Crippen molar-refractivity contribution < 1.29 is 9.53 Å². The molecule has 4 heteroatoms. The van der Waals surface area contributed by atoms with E-state index < -0.39 is 0 Å². The maximum absolute atomic E-state index is 12.6. The van der Waals surface area contributed by atoms with Crippen molar-refractivity contribution in [3.63, 3.8) is 0 Å². The molecule has 20 heavy (non-hydrogen) atoms. The lowest BCUT2D eigenvalue weighted by molar-refractivity contribution is -0.137. The van der Waals surface area contributed by atoms with Gasteiger partial charge in [-0.1, -0.05) is 13.8 Å². The number of hydrogen-bond donors (Lipinski definition) is 0. The van der Waals surface area contributed by atoms with Crippen LogP contribution in [0.4, 0.5) is 0 Å². The van der Waals surface area contributed by atoms with Crippen molar-refractivity contribution >= 4 is 5.91 Å². The van der Waals surface area contributed by atoms with Crippen LogP contribution in [0.2, 0.25) is 0 Å². The number of likely N-dealkylation sites (tertiary alicyclic amines) is 2. The maximum atomic E-state index is 12.6. The molecule has 0 unspecified atom stereocenters. The molecule has 114 valence electrons. The fourth-order valence-corrected chi connectivity index (χ4v) is 3.79. The van der Waals surface area contributed by atoms with E-state index in [9.17, 15) is 4.79 Å². The van der Waals surface area contributed by atoms with Gasteiger partial charge in [-0.3, -0.25) is 9.69 Å². The predicted octanol–water partition coefficient (Wildman–Crippen LogP) is 1.74. The zero-order valence-electron chi connectivity index (χ0n) is 12.9. The molecule has 0 aromatic rings. The van der Waals surface area contributed by atoms with Gasteiger partial charge in [-0.05, 0) is 38.1 Å². The largest absolute Gasteiger partial charge is 0.371 e. The van der Waals surface area contributed by atoms with Crippen LogP contribution in [-0.4, -0.2) is 60.6 Å². The smallest absolute Gasteiger partial charge is 0.228 e. The maximum Gasteiger partial charge on any atom is 0.228 e. The van der Waals surface area contributed by atoms with Crippen molar-refractivity contribution in [2.24, 2.45) is 11.8 Å². The molecule has 3 fully saturated rings. The number of ether oxygens (including phenoxy) is 1. The van der Waals surface area contributed by atoms with Crippen molar-refractivity contribution in [1.29, 1.82) is 0 Å². The number of morpholine rings is 1.